The van der Waals surface area contributed by atoms with Crippen molar-refractivity contribution in [2.24, 2.45) is 0 Å². The van der Waals surface area contributed by atoms with Crippen LogP contribution >= 0.6 is 22.6 Å². The van der Waals surface area contributed by atoms with Gasteiger partial charge in [0.15, 0.2) is 0 Å². The Morgan fingerprint density at radius 3 is 1.35 bits per heavy atom. The molecule has 0 aromatic heterocycles. The van der Waals surface area contributed by atoms with Gasteiger partial charge in [-0.2, -0.15) is 0 Å². The van der Waals surface area contributed by atoms with Gasteiger partial charge in [-0.1, -0.05) is 121 Å². The molecule has 5 rings (SSSR count). The van der Waals surface area contributed by atoms with Crippen molar-refractivity contribution >= 4 is 22.6 Å². The van der Waals surface area contributed by atoms with E-state index >= 15 is 0 Å². The second-order valence-corrected chi connectivity index (χ2v) is 10.5. The minimum atomic E-state index is -1.10. The van der Waals surface area contributed by atoms with Gasteiger partial charge < -0.3 is 23.7 Å². The predicted molar refractivity (Wildman–Crippen MR) is 164 cm³/mol. The van der Waals surface area contributed by atoms with Crippen LogP contribution in [-0.4, -0.2) is 35.1 Å². The molecule has 0 radical (unpaired) electrons. The Hall–Kier alpha value is -2.59. The molecule has 6 heteroatoms. The fourth-order valence-corrected chi connectivity index (χ4v) is 5.26. The lowest BCUT2D eigenvalue weighted by molar-refractivity contribution is -0.251. The van der Waals surface area contributed by atoms with Gasteiger partial charge in [0, 0.05) is 0 Å². The first-order valence-corrected chi connectivity index (χ1v) is 14.4. The number of alkyl halides is 1. The Balaban J connectivity index is 1.46. The summed E-state index contributed by atoms with van der Waals surface area (Å²) >= 11 is 2.11. The molecule has 0 saturated carbocycles. The van der Waals surface area contributed by atoms with E-state index in [2.05, 4.69) is 22.6 Å². The number of benzene rings is 4. The van der Waals surface area contributed by atoms with Gasteiger partial charge in [-0.15, -0.1) is 0 Å². The summed E-state index contributed by atoms with van der Waals surface area (Å²) < 4.78 is 66.0. The Bertz CT molecular complexity index is 1390. The molecule has 0 amide bonds. The molecule has 1 aliphatic heterocycles. The lowest BCUT2D eigenvalue weighted by Gasteiger charge is -2.44. The van der Waals surface area contributed by atoms with Gasteiger partial charge in [-0.3, -0.25) is 0 Å². The smallest absolute Gasteiger partial charge is 0.138 e. The molecule has 1 heterocycles. The molecule has 0 spiro atoms. The highest BCUT2D eigenvalue weighted by atomic mass is 127. The van der Waals surface area contributed by atoms with Crippen LogP contribution in [0.25, 0.3) is 0 Å². The van der Waals surface area contributed by atoms with Crippen molar-refractivity contribution in [3.8, 4) is 0 Å². The minimum Gasteiger partial charge on any atom is -0.374 e. The van der Waals surface area contributed by atoms with E-state index in [1.807, 2.05) is 109 Å². The molecule has 1 aliphatic rings. The Morgan fingerprint density at radius 2 is 0.900 bits per heavy atom. The Kier molecular flexibility index (Phi) is 9.27. The second kappa shape index (κ2) is 15.4. The third-order valence-electron chi connectivity index (χ3n) is 6.34. The summed E-state index contributed by atoms with van der Waals surface area (Å²) in [5.41, 5.74) is 2.63. The topological polar surface area (TPSA) is 46.2 Å². The highest BCUT2D eigenvalue weighted by Gasteiger charge is 2.47. The maximum Gasteiger partial charge on any atom is 0.138 e. The molecule has 0 aliphatic carbocycles. The molecule has 5 nitrogen and oxygen atoms in total. The van der Waals surface area contributed by atoms with E-state index in [0.29, 0.717) is 22.3 Å². The maximum absolute atomic E-state index is 8.90. The first-order chi connectivity index (χ1) is 21.4. The molecule has 1 fully saturated rings. The highest BCUT2D eigenvalue weighted by molar-refractivity contribution is 14.1. The number of hydrogen-bond donors (Lipinski definition) is 0. The van der Waals surface area contributed by atoms with Crippen LogP contribution in [0.15, 0.2) is 121 Å². The Morgan fingerprint density at radius 1 is 0.525 bits per heavy atom. The van der Waals surface area contributed by atoms with Crippen molar-refractivity contribution in [2.75, 3.05) is 6.61 Å². The van der Waals surface area contributed by atoms with Gasteiger partial charge in [0.25, 0.3) is 0 Å². The first kappa shape index (κ1) is 24.1. The van der Waals surface area contributed by atoms with Crippen LogP contribution in [0, 0.1) is 0 Å². The van der Waals surface area contributed by atoms with Crippen molar-refractivity contribution in [2.45, 2.75) is 54.9 Å². The molecular weight excluding hydrogens is 615 g/mol. The minimum absolute atomic E-state index is 0.0295. The highest BCUT2D eigenvalue weighted by Crippen LogP contribution is 2.33. The number of rotatable bonds is 13. The number of hydrogen-bond acceptors (Lipinski definition) is 5. The summed E-state index contributed by atoms with van der Waals surface area (Å²) in [5, 5.41) is 0. The van der Waals surface area contributed by atoms with Crippen LogP contribution in [0.4, 0.5) is 0 Å². The van der Waals surface area contributed by atoms with E-state index in [0.717, 1.165) is 0 Å². The standard InChI is InChI=1S/C34H35IO5/c35-34-33(39-24-29-19-11-4-12-20-29)32(38-23-28-17-9-3-10-18-28)31(37-22-27-15-7-2-8-16-27)30(40-34)25-36-21-26-13-5-1-6-14-26/h1-20,30-34H,21-25H2/t30-,31+,32+,33-,34?/m1/s1/i21D,22D,23D,24D/t21?,22?,23?,24?,30-,31+,32+,33-,34?. The van der Waals surface area contributed by atoms with Crippen LogP contribution in [-0.2, 0) is 50.0 Å². The van der Waals surface area contributed by atoms with Gasteiger partial charge in [0.2, 0.25) is 0 Å². The summed E-state index contributed by atoms with van der Waals surface area (Å²) in [6.07, 6.45) is -3.45. The van der Waals surface area contributed by atoms with Gasteiger partial charge >= 0.3 is 0 Å². The summed E-state index contributed by atoms with van der Waals surface area (Å²) in [5.74, 6) is 0. The van der Waals surface area contributed by atoms with Gasteiger partial charge in [0.1, 0.15) is 28.5 Å². The van der Waals surface area contributed by atoms with Crippen molar-refractivity contribution < 1.29 is 29.2 Å². The average molecular weight is 655 g/mol. The van der Waals surface area contributed by atoms with E-state index in [9.17, 15) is 0 Å². The number of ether oxygens (including phenoxy) is 5. The molecule has 5 unspecified atom stereocenters. The normalized spacial score (nSPS) is 27.3. The van der Waals surface area contributed by atoms with E-state index in [1.54, 1.807) is 12.1 Å². The van der Waals surface area contributed by atoms with Crippen LogP contribution in [0.2, 0.25) is 0 Å². The lowest BCUT2D eigenvalue weighted by atomic mass is 9.99. The quantitative estimate of drug-likeness (QED) is 0.114. The molecule has 0 N–H and O–H groups in total. The SMILES string of the molecule is [2H]C(OC[C@H]1OC(I)[C@H](OC([2H])c2ccccc2)[C@@H](OC([2H])c2ccccc2)[C@H]1OC([2H])c1ccccc1)c1ccccc1. The third kappa shape index (κ3) is 8.46. The summed E-state index contributed by atoms with van der Waals surface area (Å²) in [6, 6.07) is 36.7. The zero-order chi connectivity index (χ0) is 30.9. The van der Waals surface area contributed by atoms with Crippen molar-refractivity contribution in [1.29, 1.82) is 0 Å². The van der Waals surface area contributed by atoms with Gasteiger partial charge in [-0.25, -0.2) is 0 Å². The summed E-state index contributed by atoms with van der Waals surface area (Å²) in [6.45, 7) is -4.26. The summed E-state index contributed by atoms with van der Waals surface area (Å²) in [7, 11) is 0. The molecule has 4 aromatic carbocycles. The van der Waals surface area contributed by atoms with Crippen LogP contribution in [0.3, 0.4) is 0 Å². The number of halogens is 1. The lowest BCUT2D eigenvalue weighted by Crippen LogP contribution is -2.59. The van der Waals surface area contributed by atoms with E-state index in [4.69, 9.17) is 29.2 Å². The monoisotopic (exact) mass is 654 g/mol. The van der Waals surface area contributed by atoms with Crippen LogP contribution in [0.5, 0.6) is 0 Å². The molecule has 0 bridgehead atoms. The molecule has 40 heavy (non-hydrogen) atoms. The predicted octanol–water partition coefficient (Wildman–Crippen LogP) is 7.12. The molecule has 208 valence electrons. The van der Waals surface area contributed by atoms with Gasteiger partial charge in [-0.05, 0) is 44.8 Å². The van der Waals surface area contributed by atoms with Crippen molar-refractivity contribution in [3.05, 3.63) is 144 Å². The van der Waals surface area contributed by atoms with Crippen LogP contribution < -0.4 is 0 Å². The largest absolute Gasteiger partial charge is 0.374 e. The molecule has 9 atom stereocenters. The fourth-order valence-electron chi connectivity index (χ4n) is 4.30. The van der Waals surface area contributed by atoms with Gasteiger partial charge in [0.05, 0.1) is 38.4 Å². The van der Waals surface area contributed by atoms with Crippen molar-refractivity contribution in [3.63, 3.8) is 0 Å². The molecule has 1 saturated heterocycles. The molecular formula is C34H35IO5. The van der Waals surface area contributed by atoms with E-state index < -0.39 is 54.9 Å². The zero-order valence-electron chi connectivity index (χ0n) is 25.9. The van der Waals surface area contributed by atoms with E-state index in [1.165, 1.54) is 0 Å². The van der Waals surface area contributed by atoms with Crippen LogP contribution in [0.1, 0.15) is 27.7 Å². The fraction of sp³-hybridized carbons (Fsp3) is 0.294. The molecule has 4 aromatic rings. The van der Waals surface area contributed by atoms with E-state index in [-0.39, 0.29) is 6.61 Å². The second-order valence-electron chi connectivity index (χ2n) is 9.28. The summed E-state index contributed by atoms with van der Waals surface area (Å²) in [4.78, 5) is 0. The average Bonchev–Trinajstić information content (AvgIpc) is 3.07. The third-order valence-corrected chi connectivity index (χ3v) is 7.34. The maximum atomic E-state index is 8.90. The zero-order valence-corrected chi connectivity index (χ0v) is 24.0. The Labute approximate surface area is 256 Å². The first-order valence-electron chi connectivity index (χ1n) is 15.5. The van der Waals surface area contributed by atoms with Crippen molar-refractivity contribution in [1.82, 2.24) is 0 Å².